The average molecular weight is 234 g/mol. The van der Waals surface area contributed by atoms with Crippen molar-refractivity contribution in [2.75, 3.05) is 14.1 Å². The highest BCUT2D eigenvalue weighted by atomic mass is 15.1. The summed E-state index contributed by atoms with van der Waals surface area (Å²) < 4.78 is 0. The first kappa shape index (κ1) is 14.2. The van der Waals surface area contributed by atoms with Gasteiger partial charge >= 0.3 is 0 Å². The van der Waals surface area contributed by atoms with E-state index in [1.165, 1.54) is 22.4 Å². The molecule has 1 rings (SSSR count). The van der Waals surface area contributed by atoms with E-state index >= 15 is 0 Å². The Bertz CT molecular complexity index is 379. The molecule has 0 saturated carbocycles. The molecular formula is C15H26N2. The van der Waals surface area contributed by atoms with Gasteiger partial charge < -0.3 is 4.90 Å². The summed E-state index contributed by atoms with van der Waals surface area (Å²) in [6, 6.07) is 0. The Morgan fingerprint density at radius 1 is 1.12 bits per heavy atom. The van der Waals surface area contributed by atoms with Crippen molar-refractivity contribution in [1.29, 1.82) is 0 Å². The highest BCUT2D eigenvalue weighted by molar-refractivity contribution is 5.39. The summed E-state index contributed by atoms with van der Waals surface area (Å²) in [5.74, 6) is 1.11. The van der Waals surface area contributed by atoms with Crippen LogP contribution in [0.3, 0.4) is 0 Å². The molecule has 0 unspecified atom stereocenters. The van der Waals surface area contributed by atoms with Gasteiger partial charge in [0.15, 0.2) is 0 Å². The zero-order chi connectivity index (χ0) is 13.2. The molecule has 1 heterocycles. The van der Waals surface area contributed by atoms with Crippen LogP contribution in [-0.4, -0.2) is 24.0 Å². The summed E-state index contributed by atoms with van der Waals surface area (Å²) >= 11 is 0. The molecule has 1 aromatic rings. The molecule has 0 saturated heterocycles. The number of hydrogen-bond acceptors (Lipinski definition) is 2. The van der Waals surface area contributed by atoms with Crippen LogP contribution in [-0.2, 0) is 6.54 Å². The van der Waals surface area contributed by atoms with Crippen LogP contribution in [0.1, 0.15) is 61.9 Å². The van der Waals surface area contributed by atoms with E-state index in [-0.39, 0.29) is 0 Å². The van der Waals surface area contributed by atoms with Crippen molar-refractivity contribution in [3.05, 3.63) is 28.6 Å². The zero-order valence-corrected chi connectivity index (χ0v) is 12.3. The Labute approximate surface area is 106 Å². The van der Waals surface area contributed by atoms with Gasteiger partial charge in [-0.25, -0.2) is 0 Å². The summed E-state index contributed by atoms with van der Waals surface area (Å²) in [7, 11) is 4.18. The van der Waals surface area contributed by atoms with Gasteiger partial charge in [-0.05, 0) is 49.5 Å². The lowest BCUT2D eigenvalue weighted by atomic mass is 9.88. The predicted molar refractivity (Wildman–Crippen MR) is 74.5 cm³/mol. The monoisotopic (exact) mass is 234 g/mol. The molecule has 0 fully saturated rings. The van der Waals surface area contributed by atoms with E-state index in [0.29, 0.717) is 11.8 Å². The Morgan fingerprint density at radius 2 is 1.71 bits per heavy atom. The van der Waals surface area contributed by atoms with E-state index in [1.807, 2.05) is 0 Å². The molecule has 2 heteroatoms. The topological polar surface area (TPSA) is 16.1 Å². The van der Waals surface area contributed by atoms with Crippen molar-refractivity contribution in [3.63, 3.8) is 0 Å². The molecule has 0 aliphatic carbocycles. The molecule has 0 radical (unpaired) electrons. The number of pyridine rings is 1. The summed E-state index contributed by atoms with van der Waals surface area (Å²) in [4.78, 5) is 6.82. The highest BCUT2D eigenvalue weighted by Gasteiger charge is 2.16. The summed E-state index contributed by atoms with van der Waals surface area (Å²) in [6.07, 6.45) is 2.08. The Hall–Kier alpha value is -0.890. The maximum Gasteiger partial charge on any atom is 0.0575 e. The second kappa shape index (κ2) is 5.63. The van der Waals surface area contributed by atoms with Gasteiger partial charge in [0, 0.05) is 12.7 Å². The molecular weight excluding hydrogens is 208 g/mol. The molecule has 0 aromatic carbocycles. The predicted octanol–water partition coefficient (Wildman–Crippen LogP) is 3.70. The van der Waals surface area contributed by atoms with Gasteiger partial charge in [0.2, 0.25) is 0 Å². The molecule has 0 bridgehead atoms. The third-order valence-electron chi connectivity index (χ3n) is 3.17. The molecule has 0 atom stereocenters. The van der Waals surface area contributed by atoms with Crippen LogP contribution in [0.4, 0.5) is 0 Å². The standard InChI is InChI=1S/C15H26N2/c1-10(2)13-8-16-14(9-17(6)7)12(5)15(13)11(3)4/h8,10-11H,9H2,1-7H3. The molecule has 0 amide bonds. The fourth-order valence-corrected chi connectivity index (χ4v) is 2.37. The van der Waals surface area contributed by atoms with Crippen LogP contribution in [0.25, 0.3) is 0 Å². The maximum absolute atomic E-state index is 4.64. The minimum atomic E-state index is 0.548. The SMILES string of the molecule is Cc1c(CN(C)C)ncc(C(C)C)c1C(C)C. The summed E-state index contributed by atoms with van der Waals surface area (Å²) in [5.41, 5.74) is 5.48. The molecule has 2 nitrogen and oxygen atoms in total. The second-order valence-corrected chi connectivity index (χ2v) is 5.75. The molecule has 0 N–H and O–H groups in total. The summed E-state index contributed by atoms with van der Waals surface area (Å²) in [5, 5.41) is 0. The lowest BCUT2D eigenvalue weighted by molar-refractivity contribution is 0.395. The first-order valence-electron chi connectivity index (χ1n) is 6.47. The highest BCUT2D eigenvalue weighted by Crippen LogP contribution is 2.29. The Balaban J connectivity index is 3.28. The lowest BCUT2D eigenvalue weighted by Gasteiger charge is -2.21. The van der Waals surface area contributed by atoms with Crippen molar-refractivity contribution in [2.45, 2.75) is 53.0 Å². The lowest BCUT2D eigenvalue weighted by Crippen LogP contribution is -2.15. The minimum absolute atomic E-state index is 0.548. The van der Waals surface area contributed by atoms with Crippen molar-refractivity contribution >= 4 is 0 Å². The van der Waals surface area contributed by atoms with Gasteiger partial charge in [-0.3, -0.25) is 4.98 Å². The first-order chi connectivity index (χ1) is 7.84. The second-order valence-electron chi connectivity index (χ2n) is 5.75. The van der Waals surface area contributed by atoms with E-state index in [0.717, 1.165) is 6.54 Å². The van der Waals surface area contributed by atoms with Crippen molar-refractivity contribution < 1.29 is 0 Å². The largest absolute Gasteiger partial charge is 0.304 e. The van der Waals surface area contributed by atoms with Crippen molar-refractivity contribution in [3.8, 4) is 0 Å². The third kappa shape index (κ3) is 3.29. The number of rotatable bonds is 4. The van der Waals surface area contributed by atoms with Gasteiger partial charge in [-0.2, -0.15) is 0 Å². The van der Waals surface area contributed by atoms with Crippen LogP contribution in [0.5, 0.6) is 0 Å². The van der Waals surface area contributed by atoms with Crippen molar-refractivity contribution in [1.82, 2.24) is 9.88 Å². The smallest absolute Gasteiger partial charge is 0.0575 e. The zero-order valence-electron chi connectivity index (χ0n) is 12.3. The third-order valence-corrected chi connectivity index (χ3v) is 3.17. The van der Waals surface area contributed by atoms with E-state index in [9.17, 15) is 0 Å². The van der Waals surface area contributed by atoms with Gasteiger partial charge in [0.1, 0.15) is 0 Å². The van der Waals surface area contributed by atoms with Gasteiger partial charge in [-0.1, -0.05) is 27.7 Å². The first-order valence-corrected chi connectivity index (χ1v) is 6.47. The fourth-order valence-electron chi connectivity index (χ4n) is 2.37. The molecule has 0 spiro atoms. The van der Waals surface area contributed by atoms with Crippen LogP contribution >= 0.6 is 0 Å². The number of aromatic nitrogens is 1. The summed E-state index contributed by atoms with van der Waals surface area (Å²) in [6.45, 7) is 12.2. The van der Waals surface area contributed by atoms with Gasteiger partial charge in [-0.15, -0.1) is 0 Å². The molecule has 0 aliphatic rings. The fraction of sp³-hybridized carbons (Fsp3) is 0.667. The number of hydrogen-bond donors (Lipinski definition) is 0. The van der Waals surface area contributed by atoms with Gasteiger partial charge in [0.05, 0.1) is 5.69 Å². The van der Waals surface area contributed by atoms with Gasteiger partial charge in [0.25, 0.3) is 0 Å². The number of nitrogens with zero attached hydrogens (tertiary/aromatic N) is 2. The molecule has 96 valence electrons. The van der Waals surface area contributed by atoms with E-state index in [2.05, 4.69) is 64.8 Å². The Kier molecular flexibility index (Phi) is 4.70. The van der Waals surface area contributed by atoms with Crippen LogP contribution < -0.4 is 0 Å². The van der Waals surface area contributed by atoms with Crippen LogP contribution in [0, 0.1) is 6.92 Å². The average Bonchev–Trinajstić information content (AvgIpc) is 2.19. The Morgan fingerprint density at radius 3 is 2.12 bits per heavy atom. The van der Waals surface area contributed by atoms with E-state index < -0.39 is 0 Å². The quantitative estimate of drug-likeness (QED) is 0.789. The molecule has 0 aliphatic heterocycles. The van der Waals surface area contributed by atoms with E-state index in [1.54, 1.807) is 0 Å². The maximum atomic E-state index is 4.64. The van der Waals surface area contributed by atoms with E-state index in [4.69, 9.17) is 0 Å². The van der Waals surface area contributed by atoms with Crippen molar-refractivity contribution in [2.24, 2.45) is 0 Å². The molecule has 1 aromatic heterocycles. The molecule has 17 heavy (non-hydrogen) atoms. The minimum Gasteiger partial charge on any atom is -0.304 e. The normalized spacial score (nSPS) is 11.9. The van der Waals surface area contributed by atoms with Crippen LogP contribution in [0.15, 0.2) is 6.20 Å². The van der Waals surface area contributed by atoms with Crippen LogP contribution in [0.2, 0.25) is 0 Å².